The summed E-state index contributed by atoms with van der Waals surface area (Å²) in [6.45, 7) is 0.961. The van der Waals surface area contributed by atoms with Gasteiger partial charge in [-0.3, -0.25) is 4.90 Å². The molecule has 3 nitrogen and oxygen atoms in total. The van der Waals surface area contributed by atoms with Crippen molar-refractivity contribution >= 4 is 40.2 Å². The smallest absolute Gasteiger partial charge is 0.123 e. The van der Waals surface area contributed by atoms with Crippen molar-refractivity contribution in [1.29, 1.82) is 0 Å². The molecule has 4 heterocycles. The van der Waals surface area contributed by atoms with Crippen molar-refractivity contribution in [2.45, 2.75) is 37.7 Å². The highest BCUT2D eigenvalue weighted by atomic mass is 32.1. The number of halogens is 1. The maximum atomic E-state index is 13.9. The molecule has 1 N–H and O–H groups in total. The van der Waals surface area contributed by atoms with Gasteiger partial charge in [-0.05, 0) is 94.7 Å². The highest BCUT2D eigenvalue weighted by Gasteiger charge is 2.41. The molecule has 0 saturated carbocycles. The van der Waals surface area contributed by atoms with Crippen LogP contribution in [0.25, 0.3) is 21.0 Å². The van der Waals surface area contributed by atoms with Crippen LogP contribution in [0.4, 0.5) is 4.39 Å². The largest absolute Gasteiger partial charge is 0.496 e. The van der Waals surface area contributed by atoms with E-state index in [1.165, 1.54) is 43.4 Å². The Morgan fingerprint density at radius 2 is 2.00 bits per heavy atom. The number of aryl methyl sites for hydroxylation is 1. The number of fused-ring (bicyclic) bond motifs is 7. The lowest BCUT2D eigenvalue weighted by atomic mass is 9.80. The van der Waals surface area contributed by atoms with Crippen molar-refractivity contribution in [3.63, 3.8) is 0 Å². The lowest BCUT2D eigenvalue weighted by Gasteiger charge is -2.46. The third-order valence-electron chi connectivity index (χ3n) is 8.08. The van der Waals surface area contributed by atoms with Gasteiger partial charge in [0.2, 0.25) is 0 Å². The van der Waals surface area contributed by atoms with Crippen LogP contribution in [0.3, 0.4) is 0 Å². The topological polar surface area (TPSA) is 28.3 Å². The summed E-state index contributed by atoms with van der Waals surface area (Å²) in [6.07, 6.45) is 3.25. The van der Waals surface area contributed by atoms with Crippen molar-refractivity contribution in [1.82, 2.24) is 9.88 Å². The van der Waals surface area contributed by atoms with Crippen molar-refractivity contribution in [3.05, 3.63) is 99.3 Å². The number of hydrogen-bond acceptors (Lipinski definition) is 3. The van der Waals surface area contributed by atoms with E-state index in [-0.39, 0.29) is 17.9 Å². The van der Waals surface area contributed by atoms with Gasteiger partial charge in [-0.1, -0.05) is 18.5 Å². The Balaban J connectivity index is 1.49. The van der Waals surface area contributed by atoms with Gasteiger partial charge in [-0.15, -0.1) is 11.3 Å². The van der Waals surface area contributed by atoms with E-state index in [1.54, 1.807) is 30.6 Å². The first-order valence-electron chi connectivity index (χ1n) is 12.6. The van der Waals surface area contributed by atoms with Crippen LogP contribution in [0.2, 0.25) is 6.32 Å². The van der Waals surface area contributed by atoms with E-state index < -0.39 is 0 Å². The fourth-order valence-corrected chi connectivity index (χ4v) is 7.36. The molecular weight excluding hydrogens is 466 g/mol. The molecule has 7 rings (SSSR count). The van der Waals surface area contributed by atoms with E-state index in [1.807, 2.05) is 18.2 Å². The van der Waals surface area contributed by atoms with Crippen molar-refractivity contribution < 1.29 is 9.13 Å². The highest BCUT2D eigenvalue weighted by Crippen LogP contribution is 2.50. The van der Waals surface area contributed by atoms with E-state index in [4.69, 9.17) is 12.6 Å². The van der Waals surface area contributed by atoms with Crippen molar-refractivity contribution in [2.75, 3.05) is 13.7 Å². The van der Waals surface area contributed by atoms with E-state index in [0.717, 1.165) is 42.6 Å². The van der Waals surface area contributed by atoms with Crippen LogP contribution in [0, 0.1) is 5.82 Å². The summed E-state index contributed by atoms with van der Waals surface area (Å²) in [4.78, 5) is 6.40. The van der Waals surface area contributed by atoms with Crippen LogP contribution in [0.15, 0.2) is 60.0 Å². The average molecular weight is 492 g/mol. The minimum atomic E-state index is -0.206. The molecule has 2 aromatic heterocycles. The summed E-state index contributed by atoms with van der Waals surface area (Å²) in [5.74, 6) is 0.682. The molecule has 0 spiro atoms. The number of aromatic amines is 1. The van der Waals surface area contributed by atoms with Gasteiger partial charge < -0.3 is 9.72 Å². The zero-order chi connectivity index (χ0) is 24.4. The van der Waals surface area contributed by atoms with Gasteiger partial charge in [-0.2, -0.15) is 0 Å². The van der Waals surface area contributed by atoms with Gasteiger partial charge in [0.05, 0.1) is 21.0 Å². The number of hydrogen-bond donors (Lipinski definition) is 1. The van der Waals surface area contributed by atoms with Gasteiger partial charge in [0, 0.05) is 39.4 Å². The zero-order valence-electron chi connectivity index (χ0n) is 20.2. The molecule has 2 aliphatic rings. The second kappa shape index (κ2) is 8.50. The average Bonchev–Trinajstić information content (AvgIpc) is 3.51. The van der Waals surface area contributed by atoms with E-state index in [2.05, 4.69) is 39.5 Å². The molecule has 36 heavy (non-hydrogen) atoms. The van der Waals surface area contributed by atoms with Gasteiger partial charge in [0.15, 0.2) is 0 Å². The third kappa shape index (κ3) is 3.27. The summed E-state index contributed by atoms with van der Waals surface area (Å²) >= 11 is 1.81. The quantitative estimate of drug-likeness (QED) is 0.276. The molecule has 0 bridgehead atoms. The molecule has 2 radical (unpaired) electrons. The predicted molar refractivity (Wildman–Crippen MR) is 146 cm³/mol. The van der Waals surface area contributed by atoms with Gasteiger partial charge in [0.25, 0.3) is 0 Å². The summed E-state index contributed by atoms with van der Waals surface area (Å²) < 4.78 is 21.1. The van der Waals surface area contributed by atoms with Crippen molar-refractivity contribution in [3.8, 4) is 5.75 Å². The first-order chi connectivity index (χ1) is 17.7. The summed E-state index contributed by atoms with van der Waals surface area (Å²) in [5, 5.41) is 4.76. The minimum Gasteiger partial charge on any atom is -0.496 e. The SMILES string of the molecule is [B]CCc1c(OC)ccc2[nH]c3c(c12)CC1c2cc4sccc4cc2CCN1C3c1ccc(F)cc1. The second-order valence-corrected chi connectivity index (χ2v) is 10.8. The number of thiophene rings is 1. The Morgan fingerprint density at radius 1 is 1.14 bits per heavy atom. The molecular formula is C30H26BFN2OS. The molecule has 178 valence electrons. The normalized spacial score (nSPS) is 19.3. The molecule has 6 heteroatoms. The number of nitrogens with zero attached hydrogens (tertiary/aromatic N) is 1. The molecule has 0 amide bonds. The Labute approximate surface area is 215 Å². The molecule has 5 aromatic rings. The minimum absolute atomic E-state index is 0.0238. The summed E-state index contributed by atoms with van der Waals surface area (Å²) in [5.41, 5.74) is 8.81. The third-order valence-corrected chi connectivity index (χ3v) is 8.96. The number of benzene rings is 3. The number of H-pyrrole nitrogens is 1. The Bertz CT molecular complexity index is 1610. The van der Waals surface area contributed by atoms with E-state index >= 15 is 0 Å². The zero-order valence-corrected chi connectivity index (χ0v) is 21.0. The highest BCUT2D eigenvalue weighted by molar-refractivity contribution is 7.17. The van der Waals surface area contributed by atoms with Crippen molar-refractivity contribution in [2.24, 2.45) is 0 Å². The number of ether oxygens (including phenoxy) is 1. The van der Waals surface area contributed by atoms with Gasteiger partial charge >= 0.3 is 0 Å². The fraction of sp³-hybridized carbons (Fsp3) is 0.267. The number of methoxy groups -OCH3 is 1. The Kier molecular flexibility index (Phi) is 5.23. The van der Waals surface area contributed by atoms with Crippen LogP contribution in [0.5, 0.6) is 5.75 Å². The molecule has 2 unspecified atom stereocenters. The van der Waals surface area contributed by atoms with Crippen LogP contribution < -0.4 is 4.74 Å². The monoisotopic (exact) mass is 492 g/mol. The Hall–Kier alpha value is -3.09. The van der Waals surface area contributed by atoms with E-state index in [0.29, 0.717) is 6.32 Å². The fourth-order valence-electron chi connectivity index (χ4n) is 6.54. The molecule has 0 fully saturated rings. The number of nitrogens with one attached hydrogen (secondary N) is 1. The van der Waals surface area contributed by atoms with Crippen LogP contribution in [-0.2, 0) is 19.3 Å². The lowest BCUT2D eigenvalue weighted by Crippen LogP contribution is -2.43. The van der Waals surface area contributed by atoms with Gasteiger partial charge in [0.1, 0.15) is 11.6 Å². The standard InChI is InChI=1S/C30H26BFN2OS/c1-35-26-7-6-24-28(21(26)8-11-31)23-15-25-22-16-27-19(10-13-36-27)14-18(22)9-12-34(25)30(29(23)33-24)17-2-4-20(32)5-3-17/h2-7,10,13-14,16,25,30,33H,8-9,11-12,15H2,1H3. The number of aromatic nitrogens is 1. The Morgan fingerprint density at radius 3 is 2.81 bits per heavy atom. The van der Waals surface area contributed by atoms with Crippen LogP contribution in [0.1, 0.15) is 45.6 Å². The number of rotatable bonds is 4. The first kappa shape index (κ1) is 22.1. The molecule has 3 aromatic carbocycles. The lowest BCUT2D eigenvalue weighted by molar-refractivity contribution is 0.128. The summed E-state index contributed by atoms with van der Waals surface area (Å²) in [6, 6.07) is 18.5. The first-order valence-corrected chi connectivity index (χ1v) is 13.5. The summed E-state index contributed by atoms with van der Waals surface area (Å²) in [7, 11) is 7.79. The molecule has 2 atom stereocenters. The molecule has 0 aliphatic carbocycles. The van der Waals surface area contributed by atoms with Gasteiger partial charge in [-0.25, -0.2) is 4.39 Å². The van der Waals surface area contributed by atoms with E-state index in [9.17, 15) is 4.39 Å². The maximum absolute atomic E-state index is 13.9. The maximum Gasteiger partial charge on any atom is 0.123 e. The second-order valence-electron chi connectivity index (χ2n) is 9.90. The predicted octanol–water partition coefficient (Wildman–Crippen LogP) is 6.90. The van der Waals surface area contributed by atoms with Crippen LogP contribution >= 0.6 is 11.3 Å². The molecule has 2 aliphatic heterocycles. The van der Waals surface area contributed by atoms with Crippen LogP contribution in [-0.4, -0.2) is 31.4 Å². The molecule has 0 saturated heterocycles.